The van der Waals surface area contributed by atoms with Crippen molar-refractivity contribution in [3.05, 3.63) is 32.7 Å². The van der Waals surface area contributed by atoms with E-state index in [1.54, 1.807) is 16.8 Å². The Kier molecular flexibility index (Phi) is 4.73. The topological polar surface area (TPSA) is 48.3 Å². The van der Waals surface area contributed by atoms with E-state index < -0.39 is 0 Å². The zero-order valence-corrected chi connectivity index (χ0v) is 10.9. The van der Waals surface area contributed by atoms with Crippen LogP contribution in [0.3, 0.4) is 0 Å². The normalized spacial score (nSPS) is 10.2. The molecule has 0 radical (unpaired) electrons. The van der Waals surface area contributed by atoms with Gasteiger partial charge in [0.15, 0.2) is 0 Å². The van der Waals surface area contributed by atoms with Crippen molar-refractivity contribution in [2.24, 2.45) is 0 Å². The molecule has 0 unspecified atom stereocenters. The van der Waals surface area contributed by atoms with Crippen LogP contribution in [0.2, 0.25) is 0 Å². The van der Waals surface area contributed by atoms with Crippen molar-refractivity contribution in [2.75, 3.05) is 7.11 Å². The molecule has 5 heteroatoms. The van der Waals surface area contributed by atoms with Gasteiger partial charge in [-0.05, 0) is 40.9 Å². The highest BCUT2D eigenvalue weighted by Crippen LogP contribution is 2.06. The quantitative estimate of drug-likeness (QED) is 0.795. The van der Waals surface area contributed by atoms with Gasteiger partial charge in [-0.3, -0.25) is 9.59 Å². The summed E-state index contributed by atoms with van der Waals surface area (Å²) in [5, 5.41) is 0. The maximum atomic E-state index is 11.7. The third-order valence-corrected chi connectivity index (χ3v) is 2.75. The molecule has 0 saturated heterocycles. The molecule has 0 N–H and O–H groups in total. The van der Waals surface area contributed by atoms with Gasteiger partial charge in [-0.25, -0.2) is 0 Å². The van der Waals surface area contributed by atoms with E-state index in [0.29, 0.717) is 23.9 Å². The van der Waals surface area contributed by atoms with Gasteiger partial charge in [0.2, 0.25) is 0 Å². The van der Waals surface area contributed by atoms with E-state index in [-0.39, 0.29) is 11.5 Å². The summed E-state index contributed by atoms with van der Waals surface area (Å²) < 4.78 is 6.68. The molecule has 1 aromatic heterocycles. The lowest BCUT2D eigenvalue weighted by molar-refractivity contribution is -0.140. The predicted octanol–water partition coefficient (Wildman–Crippen LogP) is 1.87. The maximum absolute atomic E-state index is 11.7. The predicted molar refractivity (Wildman–Crippen MR) is 64.4 cm³/mol. The molecule has 1 rings (SSSR count). The molecule has 0 spiro atoms. The minimum atomic E-state index is -0.250. The Morgan fingerprint density at radius 1 is 1.56 bits per heavy atom. The molecule has 1 heterocycles. The number of hydrogen-bond acceptors (Lipinski definition) is 3. The summed E-state index contributed by atoms with van der Waals surface area (Å²) in [7, 11) is 1.36. The first kappa shape index (κ1) is 13.0. The van der Waals surface area contributed by atoms with Gasteiger partial charge in [0.1, 0.15) is 0 Å². The Bertz CT molecular complexity index is 439. The monoisotopic (exact) mass is 287 g/mol. The van der Waals surface area contributed by atoms with E-state index >= 15 is 0 Å². The van der Waals surface area contributed by atoms with Gasteiger partial charge in [-0.1, -0.05) is 0 Å². The third-order valence-electron chi connectivity index (χ3n) is 2.19. The molecule has 1 aromatic rings. The number of carbonyl (C=O) groups is 1. The minimum Gasteiger partial charge on any atom is -0.469 e. The van der Waals surface area contributed by atoms with Crippen molar-refractivity contribution in [3.63, 3.8) is 0 Å². The second kappa shape index (κ2) is 5.84. The number of aromatic nitrogens is 1. The Balaban J connectivity index is 2.67. The fraction of sp³-hybridized carbons (Fsp3) is 0.455. The van der Waals surface area contributed by atoms with Crippen molar-refractivity contribution < 1.29 is 9.53 Å². The lowest BCUT2D eigenvalue weighted by Crippen LogP contribution is -2.21. The van der Waals surface area contributed by atoms with E-state index in [9.17, 15) is 9.59 Å². The van der Waals surface area contributed by atoms with Gasteiger partial charge < -0.3 is 9.30 Å². The zero-order chi connectivity index (χ0) is 12.1. The number of nitrogens with zero attached hydrogens (tertiary/aromatic N) is 1. The molecule has 0 aliphatic heterocycles. The van der Waals surface area contributed by atoms with Gasteiger partial charge in [-0.15, -0.1) is 0 Å². The van der Waals surface area contributed by atoms with Crippen molar-refractivity contribution in [1.82, 2.24) is 4.57 Å². The molecule has 4 nitrogen and oxygen atoms in total. The Morgan fingerprint density at radius 2 is 2.25 bits per heavy atom. The average molecular weight is 288 g/mol. The van der Waals surface area contributed by atoms with Crippen molar-refractivity contribution >= 4 is 21.9 Å². The smallest absolute Gasteiger partial charge is 0.305 e. The number of pyridine rings is 1. The van der Waals surface area contributed by atoms with Crippen LogP contribution in [0.15, 0.2) is 21.5 Å². The van der Waals surface area contributed by atoms with Gasteiger partial charge in [0, 0.05) is 19.2 Å². The number of aryl methyl sites for hydroxylation is 2. The zero-order valence-electron chi connectivity index (χ0n) is 9.33. The number of carbonyl (C=O) groups excluding carboxylic acids is 1. The summed E-state index contributed by atoms with van der Waals surface area (Å²) in [6, 6.07) is 1.78. The molecular weight excluding hydrogens is 274 g/mol. The Labute approximate surface area is 102 Å². The number of rotatable bonds is 4. The van der Waals surface area contributed by atoms with Crippen LogP contribution in [-0.4, -0.2) is 17.6 Å². The minimum absolute atomic E-state index is 0.0736. The Morgan fingerprint density at radius 3 is 2.88 bits per heavy atom. The van der Waals surface area contributed by atoms with E-state index in [1.165, 1.54) is 7.11 Å². The molecule has 0 atom stereocenters. The number of halogens is 1. The van der Waals surface area contributed by atoms with Crippen LogP contribution in [-0.2, 0) is 16.1 Å². The van der Waals surface area contributed by atoms with Gasteiger partial charge in [-0.2, -0.15) is 0 Å². The second-order valence-corrected chi connectivity index (χ2v) is 4.40. The number of methoxy groups -OCH3 is 1. The second-order valence-electron chi connectivity index (χ2n) is 3.54. The molecule has 0 aliphatic rings. The van der Waals surface area contributed by atoms with Crippen LogP contribution in [0.25, 0.3) is 0 Å². The number of esters is 1. The molecular formula is C11H14BrNO3. The van der Waals surface area contributed by atoms with Gasteiger partial charge in [0.05, 0.1) is 11.6 Å². The van der Waals surface area contributed by atoms with Crippen molar-refractivity contribution in [2.45, 2.75) is 26.3 Å². The summed E-state index contributed by atoms with van der Waals surface area (Å²) in [5.41, 5.74) is 0.931. The molecule has 16 heavy (non-hydrogen) atoms. The van der Waals surface area contributed by atoms with E-state index in [4.69, 9.17) is 0 Å². The molecule has 0 aromatic carbocycles. The highest BCUT2D eigenvalue weighted by molar-refractivity contribution is 9.10. The maximum Gasteiger partial charge on any atom is 0.305 e. The number of hydrogen-bond donors (Lipinski definition) is 0. The van der Waals surface area contributed by atoms with E-state index in [1.807, 2.05) is 6.92 Å². The fourth-order valence-corrected chi connectivity index (χ4v) is 1.99. The SMILES string of the molecule is COC(=O)CCCn1cc(C)cc(Br)c1=O. The molecule has 0 fully saturated rings. The first-order valence-corrected chi connectivity index (χ1v) is 5.77. The summed E-state index contributed by atoms with van der Waals surface area (Å²) in [6.07, 6.45) is 2.71. The average Bonchev–Trinajstić information content (AvgIpc) is 2.24. The van der Waals surface area contributed by atoms with E-state index in [0.717, 1.165) is 5.56 Å². The fourth-order valence-electron chi connectivity index (χ4n) is 1.40. The van der Waals surface area contributed by atoms with Crippen molar-refractivity contribution in [1.29, 1.82) is 0 Å². The molecule has 0 saturated carbocycles. The Hall–Kier alpha value is -1.10. The first-order chi connectivity index (χ1) is 7.54. The third kappa shape index (κ3) is 3.48. The highest BCUT2D eigenvalue weighted by atomic mass is 79.9. The largest absolute Gasteiger partial charge is 0.469 e. The van der Waals surface area contributed by atoms with Crippen LogP contribution < -0.4 is 5.56 Å². The number of ether oxygens (including phenoxy) is 1. The molecule has 0 bridgehead atoms. The van der Waals surface area contributed by atoms with E-state index in [2.05, 4.69) is 20.7 Å². The standard InChI is InChI=1S/C11H14BrNO3/c1-8-6-9(12)11(15)13(7-8)5-3-4-10(14)16-2/h6-7H,3-5H2,1-2H3. The highest BCUT2D eigenvalue weighted by Gasteiger charge is 2.04. The van der Waals surface area contributed by atoms with Crippen molar-refractivity contribution in [3.8, 4) is 0 Å². The van der Waals surface area contributed by atoms with Crippen LogP contribution in [0.4, 0.5) is 0 Å². The summed E-state index contributed by atoms with van der Waals surface area (Å²) in [6.45, 7) is 2.44. The molecule has 0 amide bonds. The van der Waals surface area contributed by atoms with Gasteiger partial charge in [0.25, 0.3) is 5.56 Å². The first-order valence-electron chi connectivity index (χ1n) is 4.98. The van der Waals surface area contributed by atoms with Crippen LogP contribution >= 0.6 is 15.9 Å². The van der Waals surface area contributed by atoms with Gasteiger partial charge >= 0.3 is 5.97 Å². The van der Waals surface area contributed by atoms with Crippen LogP contribution in [0.1, 0.15) is 18.4 Å². The summed E-state index contributed by atoms with van der Waals surface area (Å²) >= 11 is 3.21. The lowest BCUT2D eigenvalue weighted by Gasteiger charge is -2.07. The lowest BCUT2D eigenvalue weighted by atomic mass is 10.3. The van der Waals surface area contributed by atoms with Crippen LogP contribution in [0.5, 0.6) is 0 Å². The molecule has 0 aliphatic carbocycles. The summed E-state index contributed by atoms with van der Waals surface area (Å²) in [5.74, 6) is -0.250. The molecule has 88 valence electrons. The summed E-state index contributed by atoms with van der Waals surface area (Å²) in [4.78, 5) is 22.6. The van der Waals surface area contributed by atoms with Crippen LogP contribution in [0, 0.1) is 6.92 Å².